The molecule has 0 aliphatic heterocycles. The van der Waals surface area contributed by atoms with Crippen molar-refractivity contribution in [3.05, 3.63) is 46.2 Å². The van der Waals surface area contributed by atoms with Crippen molar-refractivity contribution in [3.63, 3.8) is 0 Å². The van der Waals surface area contributed by atoms with E-state index in [1.165, 1.54) is 5.56 Å². The van der Waals surface area contributed by atoms with Gasteiger partial charge < -0.3 is 5.32 Å². The fourth-order valence-electron chi connectivity index (χ4n) is 2.29. The minimum absolute atomic E-state index is 0.509. The van der Waals surface area contributed by atoms with Crippen LogP contribution in [0.3, 0.4) is 0 Å². The van der Waals surface area contributed by atoms with Gasteiger partial charge in [0.25, 0.3) is 0 Å². The predicted molar refractivity (Wildman–Crippen MR) is 88.1 cm³/mol. The summed E-state index contributed by atoms with van der Waals surface area (Å²) in [4.78, 5) is 0. The van der Waals surface area contributed by atoms with Crippen molar-refractivity contribution in [1.29, 1.82) is 0 Å². The van der Waals surface area contributed by atoms with Crippen molar-refractivity contribution in [2.45, 2.75) is 46.2 Å². The first-order valence-corrected chi connectivity index (χ1v) is 7.97. The Morgan fingerprint density at radius 1 is 1.25 bits per heavy atom. The molecule has 0 aliphatic rings. The first-order valence-electron chi connectivity index (χ1n) is 7.18. The standard InChI is InChI=1S/C16H22BrN3/c1-4-14(5-2)20-9-8-13(19-20)11-18-16-7-6-12(3)10-15(16)17/h6-10,14,18H,4-5,11H2,1-3H3. The molecule has 0 saturated heterocycles. The van der Waals surface area contributed by atoms with E-state index in [1.54, 1.807) is 0 Å². The summed E-state index contributed by atoms with van der Waals surface area (Å²) in [5, 5.41) is 8.08. The number of anilines is 1. The number of nitrogens with one attached hydrogen (secondary N) is 1. The largest absolute Gasteiger partial charge is 0.378 e. The van der Waals surface area contributed by atoms with E-state index in [2.05, 4.69) is 82.3 Å². The van der Waals surface area contributed by atoms with Crippen molar-refractivity contribution >= 4 is 21.6 Å². The Hall–Kier alpha value is -1.29. The molecular formula is C16H22BrN3. The van der Waals surface area contributed by atoms with Gasteiger partial charge in [-0.05, 0) is 59.5 Å². The lowest BCUT2D eigenvalue weighted by atomic mass is 10.2. The summed E-state index contributed by atoms with van der Waals surface area (Å²) in [6, 6.07) is 8.92. The molecule has 2 aromatic rings. The van der Waals surface area contributed by atoms with Crippen LogP contribution in [0, 0.1) is 6.92 Å². The maximum absolute atomic E-state index is 4.65. The molecule has 4 heteroatoms. The van der Waals surface area contributed by atoms with Crippen LogP contribution in [-0.4, -0.2) is 9.78 Å². The highest BCUT2D eigenvalue weighted by Crippen LogP contribution is 2.24. The molecule has 0 aliphatic carbocycles. The third-order valence-electron chi connectivity index (χ3n) is 3.56. The third-order valence-corrected chi connectivity index (χ3v) is 4.22. The lowest BCUT2D eigenvalue weighted by Crippen LogP contribution is -2.09. The second-order valence-corrected chi connectivity index (χ2v) is 5.95. The fraction of sp³-hybridized carbons (Fsp3) is 0.438. The number of hydrogen-bond acceptors (Lipinski definition) is 2. The normalized spacial score (nSPS) is 11.1. The number of aryl methyl sites for hydroxylation is 1. The number of nitrogens with zero attached hydrogens (tertiary/aromatic N) is 2. The SMILES string of the molecule is CCC(CC)n1ccc(CNc2ccc(C)cc2Br)n1. The molecule has 0 bridgehead atoms. The Morgan fingerprint density at radius 3 is 2.65 bits per heavy atom. The Labute approximate surface area is 129 Å². The minimum atomic E-state index is 0.509. The second kappa shape index (κ2) is 6.93. The van der Waals surface area contributed by atoms with Gasteiger partial charge in [0.2, 0.25) is 0 Å². The lowest BCUT2D eigenvalue weighted by Gasteiger charge is -2.12. The van der Waals surface area contributed by atoms with Crippen LogP contribution < -0.4 is 5.32 Å². The molecule has 1 N–H and O–H groups in total. The summed E-state index contributed by atoms with van der Waals surface area (Å²) in [7, 11) is 0. The third kappa shape index (κ3) is 3.63. The molecule has 1 heterocycles. The summed E-state index contributed by atoms with van der Waals surface area (Å²) in [6.07, 6.45) is 4.32. The average Bonchev–Trinajstić information content (AvgIpc) is 2.88. The van der Waals surface area contributed by atoms with Crippen LogP contribution in [0.1, 0.15) is 44.0 Å². The zero-order valence-electron chi connectivity index (χ0n) is 12.4. The molecule has 0 fully saturated rings. The second-order valence-electron chi connectivity index (χ2n) is 5.09. The molecule has 0 saturated carbocycles. The van der Waals surface area contributed by atoms with Crippen LogP contribution in [0.15, 0.2) is 34.9 Å². The van der Waals surface area contributed by atoms with Gasteiger partial charge in [0.15, 0.2) is 0 Å². The number of hydrogen-bond donors (Lipinski definition) is 1. The summed E-state index contributed by atoms with van der Waals surface area (Å²) in [5.41, 5.74) is 3.43. The van der Waals surface area contributed by atoms with Crippen LogP contribution in [0.4, 0.5) is 5.69 Å². The van der Waals surface area contributed by atoms with E-state index in [-0.39, 0.29) is 0 Å². The van der Waals surface area contributed by atoms with Gasteiger partial charge in [-0.2, -0.15) is 5.10 Å². The minimum Gasteiger partial charge on any atom is -0.378 e. The van der Waals surface area contributed by atoms with Gasteiger partial charge in [0.1, 0.15) is 0 Å². The topological polar surface area (TPSA) is 29.9 Å². The fourth-order valence-corrected chi connectivity index (χ4v) is 2.92. The molecule has 0 spiro atoms. The smallest absolute Gasteiger partial charge is 0.0815 e. The first-order chi connectivity index (χ1) is 9.63. The highest BCUT2D eigenvalue weighted by atomic mass is 79.9. The van der Waals surface area contributed by atoms with E-state index in [4.69, 9.17) is 0 Å². The Kier molecular flexibility index (Phi) is 5.24. The van der Waals surface area contributed by atoms with E-state index >= 15 is 0 Å². The van der Waals surface area contributed by atoms with Crippen LogP contribution in [-0.2, 0) is 6.54 Å². The van der Waals surface area contributed by atoms with Crippen molar-refractivity contribution in [3.8, 4) is 0 Å². The first kappa shape index (κ1) is 15.1. The average molecular weight is 336 g/mol. The highest BCUT2D eigenvalue weighted by molar-refractivity contribution is 9.10. The highest BCUT2D eigenvalue weighted by Gasteiger charge is 2.08. The lowest BCUT2D eigenvalue weighted by molar-refractivity contribution is 0.426. The molecule has 2 rings (SSSR count). The van der Waals surface area contributed by atoms with Crippen molar-refractivity contribution in [1.82, 2.24) is 9.78 Å². The Balaban J connectivity index is 2.00. The van der Waals surface area contributed by atoms with Crippen LogP contribution >= 0.6 is 15.9 Å². The van der Waals surface area contributed by atoms with E-state index in [0.717, 1.165) is 35.2 Å². The number of benzene rings is 1. The van der Waals surface area contributed by atoms with E-state index in [9.17, 15) is 0 Å². The Morgan fingerprint density at radius 2 is 2.00 bits per heavy atom. The van der Waals surface area contributed by atoms with Gasteiger partial charge in [-0.15, -0.1) is 0 Å². The molecule has 1 aromatic carbocycles. The molecule has 3 nitrogen and oxygen atoms in total. The number of halogens is 1. The number of aromatic nitrogens is 2. The van der Waals surface area contributed by atoms with Crippen LogP contribution in [0.2, 0.25) is 0 Å². The summed E-state index contributed by atoms with van der Waals surface area (Å²) < 4.78 is 3.18. The molecule has 20 heavy (non-hydrogen) atoms. The monoisotopic (exact) mass is 335 g/mol. The summed E-state index contributed by atoms with van der Waals surface area (Å²) in [5.74, 6) is 0. The summed E-state index contributed by atoms with van der Waals surface area (Å²) in [6.45, 7) is 7.25. The number of rotatable bonds is 6. The van der Waals surface area contributed by atoms with Gasteiger partial charge in [0.05, 0.1) is 18.3 Å². The predicted octanol–water partition coefficient (Wildman–Crippen LogP) is 4.93. The zero-order chi connectivity index (χ0) is 14.5. The molecule has 0 unspecified atom stereocenters. The maximum atomic E-state index is 4.65. The molecular weight excluding hydrogens is 314 g/mol. The van der Waals surface area contributed by atoms with Crippen LogP contribution in [0.25, 0.3) is 0 Å². The van der Waals surface area contributed by atoms with E-state index in [0.29, 0.717) is 6.04 Å². The maximum Gasteiger partial charge on any atom is 0.0815 e. The van der Waals surface area contributed by atoms with Crippen molar-refractivity contribution < 1.29 is 0 Å². The van der Waals surface area contributed by atoms with Gasteiger partial charge in [0, 0.05) is 16.4 Å². The molecule has 0 atom stereocenters. The zero-order valence-corrected chi connectivity index (χ0v) is 13.9. The Bertz CT molecular complexity index is 559. The molecule has 108 valence electrons. The van der Waals surface area contributed by atoms with Crippen molar-refractivity contribution in [2.24, 2.45) is 0 Å². The van der Waals surface area contributed by atoms with Crippen molar-refractivity contribution in [2.75, 3.05) is 5.32 Å². The van der Waals surface area contributed by atoms with Crippen LogP contribution in [0.5, 0.6) is 0 Å². The molecule has 1 aromatic heterocycles. The van der Waals surface area contributed by atoms with E-state index in [1.807, 2.05) is 0 Å². The quantitative estimate of drug-likeness (QED) is 0.811. The van der Waals surface area contributed by atoms with E-state index < -0.39 is 0 Å². The van der Waals surface area contributed by atoms with Gasteiger partial charge in [-0.1, -0.05) is 19.9 Å². The molecule has 0 amide bonds. The van der Waals surface area contributed by atoms with Gasteiger partial charge in [-0.25, -0.2) is 0 Å². The van der Waals surface area contributed by atoms with Gasteiger partial charge in [-0.3, -0.25) is 4.68 Å². The van der Waals surface area contributed by atoms with Gasteiger partial charge >= 0.3 is 0 Å². The summed E-state index contributed by atoms with van der Waals surface area (Å²) >= 11 is 3.58. The molecule has 0 radical (unpaired) electrons.